The van der Waals surface area contributed by atoms with Crippen LogP contribution in [0.1, 0.15) is 22.3 Å². The summed E-state index contributed by atoms with van der Waals surface area (Å²) < 4.78 is 2.06. The van der Waals surface area contributed by atoms with Gasteiger partial charge in [-0.05, 0) is 58.6 Å². The third kappa shape index (κ3) is 2.61. The van der Waals surface area contributed by atoms with E-state index in [2.05, 4.69) is 22.0 Å². The van der Waals surface area contributed by atoms with Crippen LogP contribution in [-0.4, -0.2) is 4.57 Å². The number of benzene rings is 1. The van der Waals surface area contributed by atoms with Crippen LogP contribution in [0.15, 0.2) is 33.7 Å². The summed E-state index contributed by atoms with van der Waals surface area (Å²) in [6, 6.07) is 7.53. The molecule has 102 valence electrons. The number of aromatic nitrogens is 1. The smallest absolute Gasteiger partial charge is 0.265 e. The molecule has 2 aromatic rings. The summed E-state index contributed by atoms with van der Waals surface area (Å²) in [6.07, 6.45) is 1.65. The molecule has 0 unspecified atom stereocenters. The Kier molecular flexibility index (Phi) is 3.96. The maximum atomic E-state index is 12.2. The van der Waals surface area contributed by atoms with Crippen LogP contribution < -0.4 is 11.3 Å². The number of anilines is 1. The van der Waals surface area contributed by atoms with Crippen molar-refractivity contribution >= 4 is 21.6 Å². The monoisotopic (exact) mass is 331 g/mol. The standard InChI is InChI=1S/C15H14BrN3O/c1-9-5-11(6-17)3-4-12(9)7-19-8-13(18)10(2)14(16)15(19)20/h3-5,8H,7,18H2,1-2H3. The summed E-state index contributed by atoms with van der Waals surface area (Å²) in [5.74, 6) is 0. The first-order valence-electron chi connectivity index (χ1n) is 6.08. The Bertz CT molecular complexity index is 772. The van der Waals surface area contributed by atoms with Crippen molar-refractivity contribution in [1.82, 2.24) is 4.57 Å². The van der Waals surface area contributed by atoms with E-state index in [1.165, 1.54) is 0 Å². The van der Waals surface area contributed by atoms with Gasteiger partial charge < -0.3 is 10.3 Å². The van der Waals surface area contributed by atoms with Gasteiger partial charge in [0, 0.05) is 6.20 Å². The van der Waals surface area contributed by atoms with Crippen LogP contribution in [0.2, 0.25) is 0 Å². The largest absolute Gasteiger partial charge is 0.397 e. The number of aryl methyl sites for hydroxylation is 1. The van der Waals surface area contributed by atoms with E-state index in [9.17, 15) is 4.79 Å². The van der Waals surface area contributed by atoms with Crippen molar-refractivity contribution in [2.75, 3.05) is 5.73 Å². The molecule has 1 aromatic heterocycles. The Labute approximate surface area is 125 Å². The second-order valence-corrected chi connectivity index (χ2v) is 5.50. The van der Waals surface area contributed by atoms with E-state index in [1.54, 1.807) is 23.8 Å². The zero-order chi connectivity index (χ0) is 14.9. The molecule has 0 aliphatic heterocycles. The van der Waals surface area contributed by atoms with Gasteiger partial charge in [0.2, 0.25) is 0 Å². The van der Waals surface area contributed by atoms with Crippen LogP contribution in [0.3, 0.4) is 0 Å². The molecule has 0 radical (unpaired) electrons. The highest BCUT2D eigenvalue weighted by Gasteiger charge is 2.09. The van der Waals surface area contributed by atoms with E-state index in [-0.39, 0.29) is 5.56 Å². The van der Waals surface area contributed by atoms with Crippen LogP contribution in [0.25, 0.3) is 0 Å². The fourth-order valence-electron chi connectivity index (χ4n) is 1.98. The highest BCUT2D eigenvalue weighted by atomic mass is 79.9. The van der Waals surface area contributed by atoms with Crippen molar-refractivity contribution < 1.29 is 0 Å². The zero-order valence-electron chi connectivity index (χ0n) is 11.3. The molecular weight excluding hydrogens is 318 g/mol. The summed E-state index contributed by atoms with van der Waals surface area (Å²) in [4.78, 5) is 12.2. The highest BCUT2D eigenvalue weighted by Crippen LogP contribution is 2.18. The number of hydrogen-bond donors (Lipinski definition) is 1. The lowest BCUT2D eigenvalue weighted by Gasteiger charge is -2.12. The van der Waals surface area contributed by atoms with E-state index in [4.69, 9.17) is 11.0 Å². The second kappa shape index (κ2) is 5.51. The predicted molar refractivity (Wildman–Crippen MR) is 82.5 cm³/mol. The van der Waals surface area contributed by atoms with Gasteiger partial charge in [-0.1, -0.05) is 6.07 Å². The van der Waals surface area contributed by atoms with Gasteiger partial charge in [0.25, 0.3) is 5.56 Å². The van der Waals surface area contributed by atoms with Gasteiger partial charge in [-0.2, -0.15) is 5.26 Å². The Hall–Kier alpha value is -2.06. The molecule has 4 nitrogen and oxygen atoms in total. The zero-order valence-corrected chi connectivity index (χ0v) is 12.9. The maximum absolute atomic E-state index is 12.2. The van der Waals surface area contributed by atoms with E-state index in [0.717, 1.165) is 16.7 Å². The number of rotatable bonds is 2. The molecule has 0 spiro atoms. The highest BCUT2D eigenvalue weighted by molar-refractivity contribution is 9.10. The van der Waals surface area contributed by atoms with Gasteiger partial charge in [-0.15, -0.1) is 0 Å². The lowest BCUT2D eigenvalue weighted by atomic mass is 10.1. The molecule has 1 heterocycles. The molecule has 0 bridgehead atoms. The van der Waals surface area contributed by atoms with Crippen molar-refractivity contribution in [2.45, 2.75) is 20.4 Å². The minimum atomic E-state index is -0.111. The summed E-state index contributed by atoms with van der Waals surface area (Å²) in [7, 11) is 0. The molecule has 0 atom stereocenters. The summed E-state index contributed by atoms with van der Waals surface area (Å²) in [5, 5.41) is 8.86. The van der Waals surface area contributed by atoms with E-state index in [1.807, 2.05) is 19.1 Å². The third-order valence-electron chi connectivity index (χ3n) is 3.32. The van der Waals surface area contributed by atoms with Crippen LogP contribution >= 0.6 is 15.9 Å². The fraction of sp³-hybridized carbons (Fsp3) is 0.200. The summed E-state index contributed by atoms with van der Waals surface area (Å²) in [6.45, 7) is 4.16. The number of nitrogens with two attached hydrogens (primary N) is 1. The van der Waals surface area contributed by atoms with Crippen molar-refractivity contribution in [2.24, 2.45) is 0 Å². The Morgan fingerprint density at radius 1 is 1.40 bits per heavy atom. The van der Waals surface area contributed by atoms with Crippen LogP contribution in [0.4, 0.5) is 5.69 Å². The second-order valence-electron chi connectivity index (χ2n) is 4.71. The van der Waals surface area contributed by atoms with Gasteiger partial charge >= 0.3 is 0 Å². The number of halogens is 1. The summed E-state index contributed by atoms with van der Waals surface area (Å²) >= 11 is 3.28. The average Bonchev–Trinajstić information content (AvgIpc) is 2.44. The number of nitrogen functional groups attached to an aromatic ring is 1. The topological polar surface area (TPSA) is 71.8 Å². The number of hydrogen-bond acceptors (Lipinski definition) is 3. The molecule has 0 aliphatic carbocycles. The molecular formula is C15H14BrN3O. The van der Waals surface area contributed by atoms with Gasteiger partial charge in [-0.3, -0.25) is 4.79 Å². The van der Waals surface area contributed by atoms with Crippen molar-refractivity contribution in [3.8, 4) is 6.07 Å². The van der Waals surface area contributed by atoms with Crippen LogP contribution in [0.5, 0.6) is 0 Å². The normalized spacial score (nSPS) is 10.3. The van der Waals surface area contributed by atoms with Crippen LogP contribution in [-0.2, 0) is 6.54 Å². The van der Waals surface area contributed by atoms with Crippen molar-refractivity contribution in [3.63, 3.8) is 0 Å². The number of nitrogens with zero attached hydrogens (tertiary/aromatic N) is 2. The van der Waals surface area contributed by atoms with Gasteiger partial charge in [0.1, 0.15) is 0 Å². The number of pyridine rings is 1. The number of nitriles is 1. The maximum Gasteiger partial charge on any atom is 0.265 e. The van der Waals surface area contributed by atoms with E-state index in [0.29, 0.717) is 22.3 Å². The first kappa shape index (κ1) is 14.4. The molecule has 0 fully saturated rings. The molecule has 0 aliphatic rings. The molecule has 0 amide bonds. The third-order valence-corrected chi connectivity index (χ3v) is 4.25. The first-order chi connectivity index (χ1) is 9.43. The Morgan fingerprint density at radius 2 is 2.10 bits per heavy atom. The van der Waals surface area contributed by atoms with Gasteiger partial charge in [0.05, 0.1) is 28.3 Å². The lowest BCUT2D eigenvalue weighted by molar-refractivity contribution is 0.750. The molecule has 0 saturated heterocycles. The molecule has 2 N–H and O–H groups in total. The molecule has 1 aromatic carbocycles. The summed E-state index contributed by atoms with van der Waals surface area (Å²) in [5.41, 5.74) is 9.69. The minimum absolute atomic E-state index is 0.111. The van der Waals surface area contributed by atoms with Crippen molar-refractivity contribution in [3.05, 3.63) is 61.5 Å². The van der Waals surface area contributed by atoms with Crippen LogP contribution in [0, 0.1) is 25.2 Å². The van der Waals surface area contributed by atoms with E-state index < -0.39 is 0 Å². The lowest BCUT2D eigenvalue weighted by Crippen LogP contribution is -2.23. The minimum Gasteiger partial charge on any atom is -0.397 e. The fourth-order valence-corrected chi connectivity index (χ4v) is 2.44. The first-order valence-corrected chi connectivity index (χ1v) is 6.88. The van der Waals surface area contributed by atoms with Gasteiger partial charge in [-0.25, -0.2) is 0 Å². The SMILES string of the molecule is Cc1cc(C#N)ccc1Cn1cc(N)c(C)c(Br)c1=O. The molecule has 5 heteroatoms. The van der Waals surface area contributed by atoms with Gasteiger partial charge in [0.15, 0.2) is 0 Å². The molecule has 0 saturated carbocycles. The Balaban J connectivity index is 2.46. The molecule has 2 rings (SSSR count). The van der Waals surface area contributed by atoms with Crippen molar-refractivity contribution in [1.29, 1.82) is 5.26 Å². The quantitative estimate of drug-likeness (QED) is 0.919. The average molecular weight is 332 g/mol. The predicted octanol–water partition coefficient (Wildman–Crippen LogP) is 2.73. The van der Waals surface area contributed by atoms with E-state index >= 15 is 0 Å². The molecule has 20 heavy (non-hydrogen) atoms. The Morgan fingerprint density at radius 3 is 2.70 bits per heavy atom.